The molecule has 0 radical (unpaired) electrons. The van der Waals surface area contributed by atoms with Crippen molar-refractivity contribution in [2.75, 3.05) is 0 Å². The second kappa shape index (κ2) is 4.92. The summed E-state index contributed by atoms with van der Waals surface area (Å²) in [6.45, 7) is 6.22. The van der Waals surface area contributed by atoms with Gasteiger partial charge in [0, 0.05) is 0 Å². The average molecular weight is 354 g/mol. The Kier molecular flexibility index (Phi) is 4.14. The Morgan fingerprint density at radius 1 is 1.62 bits per heavy atom. The molecule has 0 saturated carbocycles. The van der Waals surface area contributed by atoms with E-state index in [4.69, 9.17) is 0 Å². The van der Waals surface area contributed by atoms with E-state index >= 15 is 0 Å². The molecule has 0 saturated heterocycles. The third-order valence-electron chi connectivity index (χ3n) is 2.42. The molecule has 0 amide bonds. The zero-order valence-corrected chi connectivity index (χ0v) is 11.3. The van der Waals surface area contributed by atoms with Crippen molar-refractivity contribution in [1.29, 1.82) is 0 Å². The van der Waals surface area contributed by atoms with Gasteiger partial charge in [-0.3, -0.25) is 0 Å². The summed E-state index contributed by atoms with van der Waals surface area (Å²) in [7, 11) is 0. The topological polar surface area (TPSA) is 0 Å². The van der Waals surface area contributed by atoms with Crippen LogP contribution in [0.1, 0.15) is 19.8 Å². The Labute approximate surface area is 87.5 Å². The van der Waals surface area contributed by atoms with Crippen LogP contribution in [-0.2, 0) is 16.2 Å². The van der Waals surface area contributed by atoms with Gasteiger partial charge in [-0.15, -0.1) is 0 Å². The van der Waals surface area contributed by atoms with Crippen LogP contribution in [0.5, 0.6) is 0 Å². The minimum absolute atomic E-state index is 0.750. The van der Waals surface area contributed by atoms with E-state index in [1.807, 2.05) is 0 Å². The normalized spacial score (nSPS) is 19.2. The standard InChI is InChI=1S/C10H13.2CH3.Os/c1-3-6-10-8-5-7-9(10)4-2;;;/h3,5-7H,1,4,8H2,2H3;2*1H3;. The van der Waals surface area contributed by atoms with Crippen LogP contribution < -0.4 is 0 Å². The van der Waals surface area contributed by atoms with Crippen LogP contribution in [0.15, 0.2) is 36.0 Å². The molecule has 1 aliphatic rings. The van der Waals surface area contributed by atoms with Gasteiger partial charge in [-0.1, -0.05) is 0 Å². The van der Waals surface area contributed by atoms with E-state index in [-0.39, 0.29) is 0 Å². The fourth-order valence-electron chi connectivity index (χ4n) is 1.75. The number of rotatable bonds is 4. The van der Waals surface area contributed by atoms with Crippen molar-refractivity contribution in [3.63, 3.8) is 0 Å². The molecule has 0 aliphatic heterocycles. The van der Waals surface area contributed by atoms with Gasteiger partial charge in [-0.25, -0.2) is 0 Å². The van der Waals surface area contributed by atoms with E-state index in [2.05, 4.69) is 42.7 Å². The van der Waals surface area contributed by atoms with E-state index in [1.54, 1.807) is 11.1 Å². The molecule has 0 fully saturated rings. The van der Waals surface area contributed by atoms with Crippen molar-refractivity contribution in [1.82, 2.24) is 0 Å². The van der Waals surface area contributed by atoms with E-state index in [9.17, 15) is 0 Å². The molecular weight excluding hydrogens is 334 g/mol. The van der Waals surface area contributed by atoms with Crippen molar-refractivity contribution in [3.05, 3.63) is 36.0 Å². The van der Waals surface area contributed by atoms with Gasteiger partial charge in [0.1, 0.15) is 0 Å². The Morgan fingerprint density at radius 2 is 2.31 bits per heavy atom. The van der Waals surface area contributed by atoms with Gasteiger partial charge in [0.25, 0.3) is 0 Å². The fraction of sp³-hybridized carbons (Fsp3) is 0.500. The molecule has 0 heterocycles. The Hall–Kier alpha value is -0.144. The van der Waals surface area contributed by atoms with Crippen LogP contribution in [-0.4, -0.2) is 0 Å². The summed E-state index contributed by atoms with van der Waals surface area (Å²) in [6.07, 6.45) is 9.14. The first-order chi connectivity index (χ1) is 6.20. The molecule has 0 aromatic rings. The van der Waals surface area contributed by atoms with Gasteiger partial charge in [0.05, 0.1) is 0 Å². The van der Waals surface area contributed by atoms with Crippen LogP contribution in [0.25, 0.3) is 0 Å². The van der Waals surface area contributed by atoms with Gasteiger partial charge in [-0.05, 0) is 0 Å². The molecule has 1 rings (SSSR count). The first-order valence-electron chi connectivity index (χ1n) is 4.64. The predicted octanol–water partition coefficient (Wildman–Crippen LogP) is 4.34. The summed E-state index contributed by atoms with van der Waals surface area (Å²) in [5, 5.41) is 0. The molecule has 0 bridgehead atoms. The maximum absolute atomic E-state index is 3.98. The first-order valence-corrected chi connectivity index (χ1v) is 11.2. The van der Waals surface area contributed by atoms with Crippen LogP contribution >= 0.6 is 0 Å². The van der Waals surface area contributed by atoms with Crippen LogP contribution in [0.4, 0.5) is 0 Å². The second-order valence-corrected chi connectivity index (χ2v) is 10.4. The molecule has 75 valence electrons. The molecular formula is C12H19Os. The summed E-state index contributed by atoms with van der Waals surface area (Å²) >= 11 is -0.949. The van der Waals surface area contributed by atoms with Crippen molar-refractivity contribution < 1.29 is 16.2 Å². The van der Waals surface area contributed by atoms with E-state index in [0.29, 0.717) is 0 Å². The quantitative estimate of drug-likeness (QED) is 0.660. The van der Waals surface area contributed by atoms with Crippen molar-refractivity contribution in [2.45, 2.75) is 35.2 Å². The molecule has 0 N–H and O–H groups in total. The second-order valence-electron chi connectivity index (χ2n) is 3.39. The van der Waals surface area contributed by atoms with Gasteiger partial charge >= 0.3 is 87.4 Å². The molecule has 1 unspecified atom stereocenters. The van der Waals surface area contributed by atoms with Crippen LogP contribution in [0, 0.1) is 0 Å². The van der Waals surface area contributed by atoms with Crippen LogP contribution in [0.2, 0.25) is 15.4 Å². The first kappa shape index (κ1) is 10.9. The Bertz CT molecular complexity index is 246. The van der Waals surface area contributed by atoms with Gasteiger partial charge in [0.15, 0.2) is 0 Å². The Morgan fingerprint density at radius 3 is 2.77 bits per heavy atom. The molecule has 0 aromatic heterocycles. The van der Waals surface area contributed by atoms with Crippen molar-refractivity contribution in [3.8, 4) is 0 Å². The summed E-state index contributed by atoms with van der Waals surface area (Å²) in [5.74, 6) is 0. The summed E-state index contributed by atoms with van der Waals surface area (Å²) in [4.78, 5) is 0. The number of hydrogen-bond donors (Lipinski definition) is 0. The summed E-state index contributed by atoms with van der Waals surface area (Å²) in [5.41, 5.74) is 8.13. The number of hydrogen-bond acceptors (Lipinski definition) is 0. The average Bonchev–Trinajstić information content (AvgIpc) is 2.53. The minimum atomic E-state index is -0.949. The number of allylic oxidation sites excluding steroid dienone is 5. The third kappa shape index (κ3) is 2.41. The van der Waals surface area contributed by atoms with Gasteiger partial charge in [-0.2, -0.15) is 0 Å². The van der Waals surface area contributed by atoms with E-state index in [1.165, 1.54) is 12.8 Å². The molecule has 0 aromatic carbocycles. The Balaban J connectivity index is 2.86. The van der Waals surface area contributed by atoms with Crippen molar-refractivity contribution in [2.24, 2.45) is 0 Å². The fourth-order valence-corrected chi connectivity index (χ4v) is 5.49. The van der Waals surface area contributed by atoms with Gasteiger partial charge in [0.2, 0.25) is 0 Å². The molecule has 1 heteroatoms. The molecule has 13 heavy (non-hydrogen) atoms. The maximum atomic E-state index is 3.98. The van der Waals surface area contributed by atoms with E-state index in [0.717, 1.165) is 4.47 Å². The summed E-state index contributed by atoms with van der Waals surface area (Å²) < 4.78 is 0.750. The molecule has 0 spiro atoms. The van der Waals surface area contributed by atoms with E-state index < -0.39 is 16.2 Å². The molecule has 1 aliphatic carbocycles. The zero-order valence-electron chi connectivity index (χ0n) is 8.78. The third-order valence-corrected chi connectivity index (χ3v) is 7.06. The predicted molar refractivity (Wildman–Crippen MR) is 56.7 cm³/mol. The monoisotopic (exact) mass is 355 g/mol. The van der Waals surface area contributed by atoms with Gasteiger partial charge < -0.3 is 0 Å². The summed E-state index contributed by atoms with van der Waals surface area (Å²) in [6, 6.07) is 0. The van der Waals surface area contributed by atoms with Crippen molar-refractivity contribution >= 4 is 0 Å². The molecule has 0 nitrogen and oxygen atoms in total. The SMILES string of the molecule is C=C[CH](C1=C(CC)C=CC1)[Os]([CH3])[CH3]. The van der Waals surface area contributed by atoms with Crippen LogP contribution in [0.3, 0.4) is 0 Å². The zero-order chi connectivity index (χ0) is 9.84. The molecule has 1 atom stereocenters.